The summed E-state index contributed by atoms with van der Waals surface area (Å²) in [6, 6.07) is 7.46. The maximum Gasteiger partial charge on any atom is 0.179 e. The topological polar surface area (TPSA) is 42.9 Å². The molecule has 1 aromatic carbocycles. The molecule has 0 aliphatic carbocycles. The van der Waals surface area contributed by atoms with E-state index in [0.29, 0.717) is 5.56 Å². The standard InChI is InChI=1S/C10H8N2OS2/c1-7-11-12-10(14-7)15-9-5-3-2-4-8(9)6-13/h2-6H,1H3. The van der Waals surface area contributed by atoms with E-state index in [0.717, 1.165) is 20.5 Å². The third kappa shape index (κ3) is 2.43. The van der Waals surface area contributed by atoms with Crippen LogP contribution < -0.4 is 0 Å². The van der Waals surface area contributed by atoms with Gasteiger partial charge >= 0.3 is 0 Å². The van der Waals surface area contributed by atoms with Crippen molar-refractivity contribution in [2.45, 2.75) is 16.2 Å². The Labute approximate surface area is 95.6 Å². The van der Waals surface area contributed by atoms with E-state index in [1.54, 1.807) is 6.07 Å². The van der Waals surface area contributed by atoms with Crippen LogP contribution in [0.3, 0.4) is 0 Å². The lowest BCUT2D eigenvalue weighted by Gasteiger charge is -1.99. The molecule has 0 radical (unpaired) electrons. The minimum absolute atomic E-state index is 0.690. The first-order valence-electron chi connectivity index (χ1n) is 4.32. The van der Waals surface area contributed by atoms with E-state index >= 15 is 0 Å². The summed E-state index contributed by atoms with van der Waals surface area (Å²) in [6.45, 7) is 1.91. The first-order chi connectivity index (χ1) is 7.29. The van der Waals surface area contributed by atoms with Crippen molar-refractivity contribution >= 4 is 29.4 Å². The van der Waals surface area contributed by atoms with Gasteiger partial charge in [0.15, 0.2) is 10.6 Å². The van der Waals surface area contributed by atoms with Crippen molar-refractivity contribution < 1.29 is 4.79 Å². The molecule has 1 aromatic heterocycles. The first-order valence-corrected chi connectivity index (χ1v) is 5.95. The zero-order valence-corrected chi connectivity index (χ0v) is 9.64. The Morgan fingerprint density at radius 2 is 2.13 bits per heavy atom. The van der Waals surface area contributed by atoms with Gasteiger partial charge < -0.3 is 0 Å². The first kappa shape index (κ1) is 10.3. The third-order valence-corrected chi connectivity index (χ3v) is 3.73. The highest BCUT2D eigenvalue weighted by Crippen LogP contribution is 2.31. The van der Waals surface area contributed by atoms with E-state index < -0.39 is 0 Å². The van der Waals surface area contributed by atoms with Crippen molar-refractivity contribution in [3.05, 3.63) is 34.8 Å². The van der Waals surface area contributed by atoms with Gasteiger partial charge in [-0.3, -0.25) is 4.79 Å². The Morgan fingerprint density at radius 1 is 1.33 bits per heavy atom. The van der Waals surface area contributed by atoms with E-state index in [-0.39, 0.29) is 0 Å². The number of carbonyl (C=O) groups is 1. The molecule has 0 unspecified atom stereocenters. The minimum atomic E-state index is 0.690. The number of hydrogen-bond donors (Lipinski definition) is 0. The lowest BCUT2D eigenvalue weighted by molar-refractivity contribution is 0.112. The molecule has 5 heteroatoms. The number of carbonyl (C=O) groups excluding carboxylic acids is 1. The number of hydrogen-bond acceptors (Lipinski definition) is 5. The predicted octanol–water partition coefficient (Wildman–Crippen LogP) is 2.81. The summed E-state index contributed by atoms with van der Waals surface area (Å²) in [5.74, 6) is 0. The Kier molecular flexibility index (Phi) is 3.13. The fourth-order valence-corrected chi connectivity index (χ4v) is 2.95. The van der Waals surface area contributed by atoms with Gasteiger partial charge in [-0.2, -0.15) is 0 Å². The molecule has 0 atom stereocenters. The highest BCUT2D eigenvalue weighted by Gasteiger charge is 2.06. The summed E-state index contributed by atoms with van der Waals surface area (Å²) in [5, 5.41) is 8.86. The smallest absolute Gasteiger partial charge is 0.179 e. The van der Waals surface area contributed by atoms with Gasteiger partial charge in [-0.05, 0) is 13.0 Å². The van der Waals surface area contributed by atoms with Crippen molar-refractivity contribution in [1.82, 2.24) is 10.2 Å². The van der Waals surface area contributed by atoms with E-state index in [1.807, 2.05) is 25.1 Å². The molecule has 0 bridgehead atoms. The van der Waals surface area contributed by atoms with Crippen LogP contribution in [0.2, 0.25) is 0 Å². The number of nitrogens with zero attached hydrogens (tertiary/aromatic N) is 2. The van der Waals surface area contributed by atoms with Gasteiger partial charge in [0, 0.05) is 10.5 Å². The van der Waals surface area contributed by atoms with Crippen LogP contribution in [0.15, 0.2) is 33.5 Å². The van der Waals surface area contributed by atoms with Gasteiger partial charge in [-0.25, -0.2) is 0 Å². The summed E-state index contributed by atoms with van der Waals surface area (Å²) in [6.07, 6.45) is 0.857. The molecule has 0 aliphatic rings. The molecule has 2 aromatic rings. The molecule has 0 fully saturated rings. The quantitative estimate of drug-likeness (QED) is 0.768. The monoisotopic (exact) mass is 236 g/mol. The lowest BCUT2D eigenvalue weighted by atomic mass is 10.2. The second kappa shape index (κ2) is 4.55. The minimum Gasteiger partial charge on any atom is -0.298 e. The molecule has 3 nitrogen and oxygen atoms in total. The normalized spacial score (nSPS) is 10.2. The summed E-state index contributed by atoms with van der Waals surface area (Å²) in [7, 11) is 0. The molecule has 0 spiro atoms. The maximum absolute atomic E-state index is 10.8. The fourth-order valence-electron chi connectivity index (χ4n) is 1.08. The lowest BCUT2D eigenvalue weighted by Crippen LogP contribution is -1.83. The molecule has 0 N–H and O–H groups in total. The highest BCUT2D eigenvalue weighted by atomic mass is 32.2. The number of benzene rings is 1. The van der Waals surface area contributed by atoms with Gasteiger partial charge in [0.25, 0.3) is 0 Å². The van der Waals surface area contributed by atoms with Crippen LogP contribution in [0.1, 0.15) is 15.4 Å². The second-order valence-electron chi connectivity index (χ2n) is 2.84. The molecule has 76 valence electrons. The highest BCUT2D eigenvalue weighted by molar-refractivity contribution is 8.01. The molecular weight excluding hydrogens is 228 g/mol. The summed E-state index contributed by atoms with van der Waals surface area (Å²) >= 11 is 3.00. The number of aromatic nitrogens is 2. The summed E-state index contributed by atoms with van der Waals surface area (Å²) < 4.78 is 0.863. The molecule has 0 amide bonds. The van der Waals surface area contributed by atoms with Crippen LogP contribution >= 0.6 is 23.1 Å². The molecule has 1 heterocycles. The van der Waals surface area contributed by atoms with E-state index in [4.69, 9.17) is 0 Å². The van der Waals surface area contributed by atoms with Crippen molar-refractivity contribution in [2.75, 3.05) is 0 Å². The SMILES string of the molecule is Cc1nnc(Sc2ccccc2C=O)s1. The largest absolute Gasteiger partial charge is 0.298 e. The molecule has 0 aliphatic heterocycles. The number of aryl methyl sites for hydroxylation is 1. The van der Waals surface area contributed by atoms with Crippen LogP contribution in [-0.2, 0) is 0 Å². The summed E-state index contributed by atoms with van der Waals surface area (Å²) in [4.78, 5) is 11.7. The van der Waals surface area contributed by atoms with Crippen molar-refractivity contribution in [3.63, 3.8) is 0 Å². The van der Waals surface area contributed by atoms with Crippen LogP contribution in [0, 0.1) is 6.92 Å². The Morgan fingerprint density at radius 3 is 2.80 bits per heavy atom. The van der Waals surface area contributed by atoms with E-state index in [9.17, 15) is 4.79 Å². The zero-order chi connectivity index (χ0) is 10.7. The maximum atomic E-state index is 10.8. The van der Waals surface area contributed by atoms with Gasteiger partial charge in [-0.1, -0.05) is 41.3 Å². The molecule has 0 saturated carbocycles. The Hall–Kier alpha value is -1.20. The van der Waals surface area contributed by atoms with Gasteiger partial charge in [-0.15, -0.1) is 10.2 Å². The fraction of sp³-hybridized carbons (Fsp3) is 0.100. The van der Waals surface area contributed by atoms with Crippen LogP contribution in [0.5, 0.6) is 0 Å². The van der Waals surface area contributed by atoms with Crippen LogP contribution in [0.25, 0.3) is 0 Å². The predicted molar refractivity (Wildman–Crippen MR) is 60.6 cm³/mol. The van der Waals surface area contributed by atoms with Gasteiger partial charge in [0.05, 0.1) is 0 Å². The zero-order valence-electron chi connectivity index (χ0n) is 8.01. The Bertz CT molecular complexity index is 482. The second-order valence-corrected chi connectivity index (χ2v) is 5.32. The van der Waals surface area contributed by atoms with Crippen molar-refractivity contribution in [1.29, 1.82) is 0 Å². The average Bonchev–Trinajstić information content (AvgIpc) is 2.65. The van der Waals surface area contributed by atoms with E-state index in [2.05, 4.69) is 10.2 Å². The third-order valence-electron chi connectivity index (χ3n) is 1.75. The molecule has 0 saturated heterocycles. The summed E-state index contributed by atoms with van der Waals surface area (Å²) in [5.41, 5.74) is 0.690. The van der Waals surface area contributed by atoms with E-state index in [1.165, 1.54) is 23.1 Å². The van der Waals surface area contributed by atoms with Gasteiger partial charge in [0.1, 0.15) is 5.01 Å². The van der Waals surface area contributed by atoms with Crippen molar-refractivity contribution in [3.8, 4) is 0 Å². The average molecular weight is 236 g/mol. The number of aldehydes is 1. The van der Waals surface area contributed by atoms with Gasteiger partial charge in [0.2, 0.25) is 0 Å². The number of rotatable bonds is 3. The van der Waals surface area contributed by atoms with Crippen LogP contribution in [0.4, 0.5) is 0 Å². The molecule has 15 heavy (non-hydrogen) atoms. The van der Waals surface area contributed by atoms with Crippen molar-refractivity contribution in [2.24, 2.45) is 0 Å². The molecule has 2 rings (SSSR count). The van der Waals surface area contributed by atoms with Crippen LogP contribution in [-0.4, -0.2) is 16.5 Å². The Balaban J connectivity index is 2.27. The molecular formula is C10H8N2OS2.